The van der Waals surface area contributed by atoms with Crippen molar-refractivity contribution in [2.45, 2.75) is 27.3 Å². The number of aromatic nitrogens is 2. The van der Waals surface area contributed by atoms with Crippen molar-refractivity contribution in [3.63, 3.8) is 0 Å². The number of fused-ring (bicyclic) bond motifs is 2. The number of carbonyl (C=O) groups is 1. The molecule has 0 aliphatic carbocycles. The minimum absolute atomic E-state index is 0. The molecule has 0 spiro atoms. The predicted molar refractivity (Wildman–Crippen MR) is 139 cm³/mol. The predicted octanol–water partition coefficient (Wildman–Crippen LogP) is 4.32. The molecule has 0 aliphatic heterocycles. The number of para-hydroxylation sites is 2. The average molecular weight is 505 g/mol. The van der Waals surface area contributed by atoms with Crippen molar-refractivity contribution in [2.75, 3.05) is 38.2 Å². The first kappa shape index (κ1) is 25.7. The number of halogens is 1. The minimum atomic E-state index is -0.546. The van der Waals surface area contributed by atoms with Crippen molar-refractivity contribution in [3.05, 3.63) is 52.5 Å². The van der Waals surface area contributed by atoms with Crippen LogP contribution in [0.3, 0.4) is 0 Å². The van der Waals surface area contributed by atoms with Gasteiger partial charge in [0.1, 0.15) is 17.8 Å². The highest BCUT2D eigenvalue weighted by molar-refractivity contribution is 7.22. The van der Waals surface area contributed by atoms with Crippen LogP contribution in [-0.4, -0.2) is 53.6 Å². The molecule has 1 amide bonds. The summed E-state index contributed by atoms with van der Waals surface area (Å²) in [6, 6.07) is 11.0. The van der Waals surface area contributed by atoms with Gasteiger partial charge in [0, 0.05) is 13.1 Å². The van der Waals surface area contributed by atoms with Crippen LogP contribution >= 0.6 is 23.7 Å². The lowest BCUT2D eigenvalue weighted by molar-refractivity contribution is -0.119. The van der Waals surface area contributed by atoms with E-state index in [1.807, 2.05) is 25.1 Å². The first-order chi connectivity index (χ1) is 16.0. The number of ether oxygens (including phenoxy) is 1. The van der Waals surface area contributed by atoms with Crippen LogP contribution < -0.4 is 15.4 Å². The number of aryl methyl sites for hydroxylation is 1. The van der Waals surface area contributed by atoms with Crippen molar-refractivity contribution >= 4 is 56.1 Å². The van der Waals surface area contributed by atoms with Crippen LogP contribution in [0.5, 0.6) is 5.75 Å². The van der Waals surface area contributed by atoms with Gasteiger partial charge in [-0.05, 0) is 43.8 Å². The van der Waals surface area contributed by atoms with Crippen LogP contribution in [0.25, 0.3) is 21.3 Å². The Labute approximate surface area is 208 Å². The van der Waals surface area contributed by atoms with E-state index in [1.165, 1.54) is 15.9 Å². The number of nitrogens with zero attached hydrogens (tertiary/aromatic N) is 4. The Bertz CT molecular complexity index is 1340. The van der Waals surface area contributed by atoms with Crippen LogP contribution in [0.4, 0.5) is 5.13 Å². The van der Waals surface area contributed by atoms with Crippen LogP contribution in [0.2, 0.25) is 0 Å². The molecular weight excluding hydrogens is 476 g/mol. The van der Waals surface area contributed by atoms with E-state index in [0.29, 0.717) is 35.1 Å². The number of anilines is 1. The second-order valence-corrected chi connectivity index (χ2v) is 8.73. The molecule has 10 heteroatoms. The van der Waals surface area contributed by atoms with Gasteiger partial charge < -0.3 is 14.1 Å². The number of likely N-dealkylation sites (N-methyl/N-ethyl adjacent to an activating group) is 1. The van der Waals surface area contributed by atoms with Crippen LogP contribution in [0.15, 0.2) is 45.6 Å². The Hall–Kier alpha value is -2.88. The van der Waals surface area contributed by atoms with Gasteiger partial charge >= 0.3 is 5.76 Å². The third-order valence-corrected chi connectivity index (χ3v) is 7.06. The molecule has 182 valence electrons. The van der Waals surface area contributed by atoms with Crippen molar-refractivity contribution in [1.29, 1.82) is 0 Å². The third-order valence-electron chi connectivity index (χ3n) is 5.85. The molecule has 8 nitrogen and oxygen atoms in total. The summed E-state index contributed by atoms with van der Waals surface area (Å²) in [4.78, 5) is 34.7. The maximum atomic E-state index is 13.6. The zero-order valence-corrected chi connectivity index (χ0v) is 21.4. The topological polar surface area (TPSA) is 80.8 Å². The van der Waals surface area contributed by atoms with Gasteiger partial charge in [-0.1, -0.05) is 43.4 Å². The quantitative estimate of drug-likeness (QED) is 0.338. The maximum absolute atomic E-state index is 13.6. The Kier molecular flexibility index (Phi) is 8.35. The van der Waals surface area contributed by atoms with E-state index in [4.69, 9.17) is 14.1 Å². The lowest BCUT2D eigenvalue weighted by atomic mass is 10.2. The van der Waals surface area contributed by atoms with Crippen LogP contribution in [0, 0.1) is 6.92 Å². The van der Waals surface area contributed by atoms with Crippen molar-refractivity contribution in [1.82, 2.24) is 14.5 Å². The number of hydrogen-bond donors (Lipinski definition) is 0. The molecule has 0 atom stereocenters. The highest BCUT2D eigenvalue weighted by Gasteiger charge is 2.24. The van der Waals surface area contributed by atoms with Gasteiger partial charge in [0.2, 0.25) is 5.91 Å². The fraction of sp³-hybridized carbons (Fsp3) is 0.375. The lowest BCUT2D eigenvalue weighted by Crippen LogP contribution is -2.41. The number of carbonyl (C=O) groups excluding carboxylic acids is 1. The normalized spacial score (nSPS) is 11.2. The monoisotopic (exact) mass is 504 g/mol. The molecular formula is C24H29ClN4O4S. The van der Waals surface area contributed by atoms with E-state index in [9.17, 15) is 9.59 Å². The molecule has 0 fully saturated rings. The highest BCUT2D eigenvalue weighted by atomic mass is 35.5. The van der Waals surface area contributed by atoms with Gasteiger partial charge in [-0.2, -0.15) is 0 Å². The van der Waals surface area contributed by atoms with E-state index in [1.54, 1.807) is 30.2 Å². The second kappa shape index (κ2) is 11.0. The van der Waals surface area contributed by atoms with Gasteiger partial charge in [0.25, 0.3) is 0 Å². The summed E-state index contributed by atoms with van der Waals surface area (Å²) in [5.74, 6) is -0.0900. The zero-order chi connectivity index (χ0) is 23.5. The second-order valence-electron chi connectivity index (χ2n) is 7.75. The van der Waals surface area contributed by atoms with E-state index in [-0.39, 0.29) is 24.9 Å². The van der Waals surface area contributed by atoms with Gasteiger partial charge in [0.15, 0.2) is 10.7 Å². The van der Waals surface area contributed by atoms with Crippen LogP contribution in [0.1, 0.15) is 19.4 Å². The third kappa shape index (κ3) is 4.96. The molecule has 0 unspecified atom stereocenters. The number of rotatable bonds is 9. The fourth-order valence-electron chi connectivity index (χ4n) is 3.87. The summed E-state index contributed by atoms with van der Waals surface area (Å²) >= 11 is 1.46. The van der Waals surface area contributed by atoms with E-state index in [0.717, 1.165) is 28.9 Å². The van der Waals surface area contributed by atoms with Gasteiger partial charge in [-0.3, -0.25) is 14.3 Å². The first-order valence-corrected chi connectivity index (χ1v) is 11.8. The van der Waals surface area contributed by atoms with Crippen molar-refractivity contribution in [2.24, 2.45) is 0 Å². The molecule has 4 rings (SSSR count). The average Bonchev–Trinajstić information content (AvgIpc) is 3.39. The lowest BCUT2D eigenvalue weighted by Gasteiger charge is -2.24. The molecule has 0 N–H and O–H groups in total. The van der Waals surface area contributed by atoms with Gasteiger partial charge in [0.05, 0.1) is 17.3 Å². The summed E-state index contributed by atoms with van der Waals surface area (Å²) in [5.41, 5.74) is 2.87. The zero-order valence-electron chi connectivity index (χ0n) is 19.7. The summed E-state index contributed by atoms with van der Waals surface area (Å²) in [6.07, 6.45) is 0. The number of oxazole rings is 1. The van der Waals surface area contributed by atoms with E-state index < -0.39 is 5.76 Å². The molecule has 2 aromatic carbocycles. The van der Waals surface area contributed by atoms with E-state index >= 15 is 0 Å². The molecule has 2 aromatic heterocycles. The number of amides is 1. The Morgan fingerprint density at radius 3 is 2.59 bits per heavy atom. The first-order valence-electron chi connectivity index (χ1n) is 11.0. The SMILES string of the molecule is CCN(CC)CCN(C(=O)Cn1c(=O)oc2ccccc21)c1nc2c(OC)ccc(C)c2s1.Cl. The summed E-state index contributed by atoms with van der Waals surface area (Å²) < 4.78 is 13.2. The maximum Gasteiger partial charge on any atom is 0.420 e. The van der Waals surface area contributed by atoms with Crippen LogP contribution in [-0.2, 0) is 11.3 Å². The Morgan fingerprint density at radius 2 is 1.88 bits per heavy atom. The largest absolute Gasteiger partial charge is 0.494 e. The van der Waals surface area contributed by atoms with E-state index in [2.05, 4.69) is 18.7 Å². The summed E-state index contributed by atoms with van der Waals surface area (Å²) in [5, 5.41) is 0.593. The highest BCUT2D eigenvalue weighted by Crippen LogP contribution is 2.36. The minimum Gasteiger partial charge on any atom is -0.494 e. The number of thiazole rings is 1. The molecule has 0 saturated carbocycles. The van der Waals surface area contributed by atoms with Crippen molar-refractivity contribution < 1.29 is 13.9 Å². The summed E-state index contributed by atoms with van der Waals surface area (Å²) in [7, 11) is 1.61. The molecule has 0 bridgehead atoms. The Morgan fingerprint density at radius 1 is 1.15 bits per heavy atom. The smallest absolute Gasteiger partial charge is 0.420 e. The Balaban J connectivity index is 0.00000324. The van der Waals surface area contributed by atoms with Gasteiger partial charge in [-0.25, -0.2) is 9.78 Å². The number of hydrogen-bond acceptors (Lipinski definition) is 7. The standard InChI is InChI=1S/C24H28N4O4S.ClH/c1-5-26(6-2)13-14-27(23-25-21-19(31-4)12-11-16(3)22(21)33-23)20(29)15-28-17-9-7-8-10-18(17)32-24(28)30;/h7-12H,5-6,13-15H2,1-4H3;1H. The molecule has 0 radical (unpaired) electrons. The van der Waals surface area contributed by atoms with Gasteiger partial charge in [-0.15, -0.1) is 12.4 Å². The number of methoxy groups -OCH3 is 1. The fourth-order valence-corrected chi connectivity index (χ4v) is 4.97. The van der Waals surface area contributed by atoms with Crippen molar-refractivity contribution in [3.8, 4) is 5.75 Å². The summed E-state index contributed by atoms with van der Waals surface area (Å²) in [6.45, 7) is 9.02. The number of benzene rings is 2. The molecule has 2 heterocycles. The molecule has 4 aromatic rings. The molecule has 34 heavy (non-hydrogen) atoms. The molecule has 0 saturated heterocycles. The molecule has 0 aliphatic rings.